The molecule has 0 spiro atoms. The highest BCUT2D eigenvalue weighted by atomic mass is 32.1. The standard InChI is InChI=1S/C30H20N2S/c1-3-7-21(8-4-1)23-11-15-25(16-12-23)27-19-20-28(30-29(27)31-32-33-30)26-17-13-24(14-18-26)22-9-5-2-6-10-22/h1-20H. The van der Waals surface area contributed by atoms with Gasteiger partial charge in [-0.25, -0.2) is 0 Å². The second-order valence-corrected chi connectivity index (χ2v) is 8.75. The third-order valence-electron chi connectivity index (χ3n) is 6.01. The lowest BCUT2D eigenvalue weighted by atomic mass is 9.96. The Balaban J connectivity index is 1.36. The summed E-state index contributed by atoms with van der Waals surface area (Å²) in [6.45, 7) is 0. The van der Waals surface area contributed by atoms with E-state index in [1.54, 1.807) is 0 Å². The topological polar surface area (TPSA) is 25.8 Å². The molecule has 0 N–H and O–H groups in total. The van der Waals surface area contributed by atoms with Gasteiger partial charge < -0.3 is 0 Å². The second-order valence-electron chi connectivity index (χ2n) is 8.00. The monoisotopic (exact) mass is 440 g/mol. The van der Waals surface area contributed by atoms with Crippen LogP contribution in [0, 0.1) is 0 Å². The Morgan fingerprint density at radius 3 is 1.36 bits per heavy atom. The van der Waals surface area contributed by atoms with Crippen molar-refractivity contribution in [3.63, 3.8) is 0 Å². The fourth-order valence-electron chi connectivity index (χ4n) is 4.27. The lowest BCUT2D eigenvalue weighted by Gasteiger charge is -2.09. The zero-order valence-electron chi connectivity index (χ0n) is 17.8. The summed E-state index contributed by atoms with van der Waals surface area (Å²) in [6.07, 6.45) is 0. The summed E-state index contributed by atoms with van der Waals surface area (Å²) < 4.78 is 5.41. The average Bonchev–Trinajstić information content (AvgIpc) is 3.40. The minimum absolute atomic E-state index is 0.956. The summed E-state index contributed by atoms with van der Waals surface area (Å²) in [6, 6.07) is 42.7. The lowest BCUT2D eigenvalue weighted by Crippen LogP contribution is -1.86. The summed E-state index contributed by atoms with van der Waals surface area (Å²) >= 11 is 1.46. The normalized spacial score (nSPS) is 11.0. The van der Waals surface area contributed by atoms with Gasteiger partial charge in [0.1, 0.15) is 5.52 Å². The van der Waals surface area contributed by atoms with E-state index in [0.29, 0.717) is 0 Å². The van der Waals surface area contributed by atoms with E-state index in [-0.39, 0.29) is 0 Å². The smallest absolute Gasteiger partial charge is 0.114 e. The summed E-state index contributed by atoms with van der Waals surface area (Å²) in [5.41, 5.74) is 10.4. The largest absolute Gasteiger partial charge is 0.137 e. The maximum absolute atomic E-state index is 4.50. The van der Waals surface area contributed by atoms with Crippen molar-refractivity contribution in [3.05, 3.63) is 121 Å². The molecule has 0 aliphatic heterocycles. The highest BCUT2D eigenvalue weighted by Gasteiger charge is 2.13. The molecule has 5 aromatic carbocycles. The molecule has 0 aliphatic carbocycles. The summed E-state index contributed by atoms with van der Waals surface area (Å²) in [7, 11) is 0. The number of hydrogen-bond donors (Lipinski definition) is 0. The maximum atomic E-state index is 4.50. The molecule has 6 rings (SSSR count). The Kier molecular flexibility index (Phi) is 5.02. The Morgan fingerprint density at radius 1 is 0.394 bits per heavy atom. The van der Waals surface area contributed by atoms with E-state index in [1.165, 1.54) is 44.9 Å². The third-order valence-corrected chi connectivity index (χ3v) is 6.77. The molecule has 0 aliphatic rings. The molecule has 0 saturated carbocycles. The fraction of sp³-hybridized carbons (Fsp3) is 0. The Morgan fingerprint density at radius 2 is 0.818 bits per heavy atom. The molecule has 2 nitrogen and oxygen atoms in total. The van der Waals surface area contributed by atoms with Crippen LogP contribution in [0.25, 0.3) is 54.7 Å². The first-order chi connectivity index (χ1) is 16.4. The van der Waals surface area contributed by atoms with Crippen LogP contribution in [-0.2, 0) is 0 Å². The molecular weight excluding hydrogens is 420 g/mol. The SMILES string of the molecule is c1ccc(-c2ccc(-c3ccc(-c4ccc(-c5ccccc5)cc4)c4snnc34)cc2)cc1. The van der Waals surface area contributed by atoms with Gasteiger partial charge in [-0.3, -0.25) is 0 Å². The summed E-state index contributed by atoms with van der Waals surface area (Å²) in [5, 5.41) is 4.50. The number of fused-ring (bicyclic) bond motifs is 1. The minimum atomic E-state index is 0.956. The average molecular weight is 441 g/mol. The maximum Gasteiger partial charge on any atom is 0.114 e. The van der Waals surface area contributed by atoms with Crippen LogP contribution in [0.5, 0.6) is 0 Å². The van der Waals surface area contributed by atoms with Gasteiger partial charge in [0.05, 0.1) is 4.70 Å². The molecule has 0 amide bonds. The van der Waals surface area contributed by atoms with Crippen molar-refractivity contribution in [2.24, 2.45) is 0 Å². The number of hydrogen-bond acceptors (Lipinski definition) is 3. The third kappa shape index (κ3) is 3.73. The molecule has 0 radical (unpaired) electrons. The lowest BCUT2D eigenvalue weighted by molar-refractivity contribution is 1.20. The second kappa shape index (κ2) is 8.45. The van der Waals surface area contributed by atoms with Crippen LogP contribution in [0.3, 0.4) is 0 Å². The van der Waals surface area contributed by atoms with Crippen molar-refractivity contribution in [2.45, 2.75) is 0 Å². The Hall–Kier alpha value is -4.08. The molecule has 33 heavy (non-hydrogen) atoms. The summed E-state index contributed by atoms with van der Waals surface area (Å²) in [4.78, 5) is 0. The van der Waals surface area contributed by atoms with E-state index in [4.69, 9.17) is 0 Å². The molecule has 156 valence electrons. The van der Waals surface area contributed by atoms with E-state index < -0.39 is 0 Å². The van der Waals surface area contributed by atoms with E-state index >= 15 is 0 Å². The number of rotatable bonds is 4. The molecule has 0 fully saturated rings. The van der Waals surface area contributed by atoms with Crippen LogP contribution in [0.4, 0.5) is 0 Å². The zero-order valence-corrected chi connectivity index (χ0v) is 18.7. The van der Waals surface area contributed by atoms with Crippen molar-refractivity contribution in [2.75, 3.05) is 0 Å². The van der Waals surface area contributed by atoms with Crippen LogP contribution < -0.4 is 0 Å². The minimum Gasteiger partial charge on any atom is -0.137 e. The van der Waals surface area contributed by atoms with Gasteiger partial charge in [0.15, 0.2) is 0 Å². The van der Waals surface area contributed by atoms with Gasteiger partial charge in [-0.15, -0.1) is 5.10 Å². The van der Waals surface area contributed by atoms with E-state index in [9.17, 15) is 0 Å². The Bertz CT molecular complexity index is 1400. The van der Waals surface area contributed by atoms with E-state index in [1.807, 2.05) is 12.1 Å². The van der Waals surface area contributed by atoms with Gasteiger partial charge >= 0.3 is 0 Å². The number of nitrogens with zero attached hydrogens (tertiary/aromatic N) is 2. The predicted octanol–water partition coefficient (Wildman–Crippen LogP) is 8.36. The molecule has 0 saturated heterocycles. The molecule has 0 bridgehead atoms. The van der Waals surface area contributed by atoms with Crippen molar-refractivity contribution < 1.29 is 0 Å². The van der Waals surface area contributed by atoms with Gasteiger partial charge in [-0.05, 0) is 44.9 Å². The van der Waals surface area contributed by atoms with Crippen molar-refractivity contribution in [1.82, 2.24) is 9.59 Å². The molecule has 0 unspecified atom stereocenters. The molecule has 1 aromatic heterocycles. The fourth-order valence-corrected chi connectivity index (χ4v) is 5.00. The van der Waals surface area contributed by atoms with E-state index in [0.717, 1.165) is 21.3 Å². The van der Waals surface area contributed by atoms with Crippen LogP contribution in [-0.4, -0.2) is 9.59 Å². The molecule has 3 heteroatoms. The predicted molar refractivity (Wildman–Crippen MR) is 139 cm³/mol. The zero-order chi connectivity index (χ0) is 22.0. The highest BCUT2D eigenvalue weighted by Crippen LogP contribution is 2.37. The molecule has 6 aromatic rings. The quantitative estimate of drug-likeness (QED) is 0.275. The van der Waals surface area contributed by atoms with Gasteiger partial charge in [0.25, 0.3) is 0 Å². The highest BCUT2D eigenvalue weighted by molar-refractivity contribution is 7.13. The van der Waals surface area contributed by atoms with Crippen LogP contribution >= 0.6 is 11.5 Å². The van der Waals surface area contributed by atoms with E-state index in [2.05, 4.69) is 119 Å². The van der Waals surface area contributed by atoms with Gasteiger partial charge in [0.2, 0.25) is 0 Å². The Labute approximate surface area is 197 Å². The van der Waals surface area contributed by atoms with Crippen molar-refractivity contribution >= 4 is 21.7 Å². The molecular formula is C30H20N2S. The first-order valence-electron chi connectivity index (χ1n) is 10.9. The number of aromatic nitrogens is 2. The van der Waals surface area contributed by atoms with Gasteiger partial charge in [-0.2, -0.15) is 0 Å². The van der Waals surface area contributed by atoms with Gasteiger partial charge in [-0.1, -0.05) is 126 Å². The molecule has 1 heterocycles. The summed E-state index contributed by atoms with van der Waals surface area (Å²) in [5.74, 6) is 0. The first-order valence-corrected chi connectivity index (χ1v) is 11.7. The van der Waals surface area contributed by atoms with Crippen LogP contribution in [0.1, 0.15) is 0 Å². The first kappa shape index (κ1) is 19.6. The number of benzene rings is 5. The van der Waals surface area contributed by atoms with Crippen molar-refractivity contribution in [3.8, 4) is 44.5 Å². The van der Waals surface area contributed by atoms with Crippen LogP contribution in [0.2, 0.25) is 0 Å². The molecule has 0 atom stereocenters. The van der Waals surface area contributed by atoms with Crippen LogP contribution in [0.15, 0.2) is 121 Å². The van der Waals surface area contributed by atoms with Crippen molar-refractivity contribution in [1.29, 1.82) is 0 Å². The van der Waals surface area contributed by atoms with Gasteiger partial charge in [0, 0.05) is 11.1 Å².